The van der Waals surface area contributed by atoms with Crippen LogP contribution in [0.1, 0.15) is 41.3 Å². The maximum Gasteiger partial charge on any atom is 0.259 e. The molecule has 1 N–H and O–H groups in total. The number of ether oxygens (including phenoxy) is 3. The van der Waals surface area contributed by atoms with Crippen LogP contribution in [0.15, 0.2) is 30.3 Å². The van der Waals surface area contributed by atoms with Gasteiger partial charge in [-0.05, 0) is 31.5 Å². The molecule has 2 aromatic carbocycles. The Morgan fingerprint density at radius 3 is 2.48 bits per heavy atom. The third-order valence-corrected chi connectivity index (χ3v) is 4.77. The first-order valence-corrected chi connectivity index (χ1v) is 8.29. The summed E-state index contributed by atoms with van der Waals surface area (Å²) < 4.78 is 16.5. The van der Waals surface area contributed by atoms with Crippen LogP contribution in [0.4, 0.5) is 5.69 Å². The van der Waals surface area contributed by atoms with Crippen LogP contribution in [-0.2, 0) is 0 Å². The Morgan fingerprint density at radius 1 is 1.12 bits per heavy atom. The number of rotatable bonds is 4. The highest BCUT2D eigenvalue weighted by Crippen LogP contribution is 2.40. The lowest BCUT2D eigenvalue weighted by Crippen LogP contribution is -2.15. The fourth-order valence-electron chi connectivity index (χ4n) is 3.07. The van der Waals surface area contributed by atoms with Crippen molar-refractivity contribution in [2.75, 3.05) is 19.5 Å². The van der Waals surface area contributed by atoms with E-state index in [2.05, 4.69) is 12.2 Å². The van der Waals surface area contributed by atoms with Crippen LogP contribution < -0.4 is 19.5 Å². The van der Waals surface area contributed by atoms with Crippen LogP contribution in [0.3, 0.4) is 0 Å². The molecule has 1 aliphatic heterocycles. The highest BCUT2D eigenvalue weighted by atomic mass is 16.5. The van der Waals surface area contributed by atoms with Crippen LogP contribution in [-0.4, -0.2) is 26.2 Å². The second-order valence-corrected chi connectivity index (χ2v) is 6.31. The first kappa shape index (κ1) is 17.1. The average molecular weight is 341 g/mol. The topological polar surface area (TPSA) is 56.8 Å². The largest absolute Gasteiger partial charge is 0.493 e. The van der Waals surface area contributed by atoms with Crippen LogP contribution in [0.2, 0.25) is 0 Å². The lowest BCUT2D eigenvalue weighted by molar-refractivity contribution is 0.102. The molecule has 0 bridgehead atoms. The monoisotopic (exact) mass is 341 g/mol. The molecule has 25 heavy (non-hydrogen) atoms. The summed E-state index contributed by atoms with van der Waals surface area (Å²) in [6.07, 6.45) is 0.0618. The van der Waals surface area contributed by atoms with Gasteiger partial charge in [0, 0.05) is 23.2 Å². The van der Waals surface area contributed by atoms with Crippen LogP contribution in [0.25, 0.3) is 0 Å². The van der Waals surface area contributed by atoms with E-state index >= 15 is 0 Å². The molecule has 2 aromatic rings. The fourth-order valence-corrected chi connectivity index (χ4v) is 3.07. The minimum atomic E-state index is -0.200. The minimum Gasteiger partial charge on any atom is -0.493 e. The minimum absolute atomic E-state index is 0.0618. The van der Waals surface area contributed by atoms with Crippen LogP contribution >= 0.6 is 0 Å². The lowest BCUT2D eigenvalue weighted by atomic mass is 9.97. The van der Waals surface area contributed by atoms with E-state index < -0.39 is 0 Å². The van der Waals surface area contributed by atoms with Gasteiger partial charge in [-0.25, -0.2) is 0 Å². The normalized spacial score (nSPS) is 18.3. The molecule has 0 fully saturated rings. The Hall–Kier alpha value is -2.69. The molecule has 0 spiro atoms. The molecule has 132 valence electrons. The summed E-state index contributed by atoms with van der Waals surface area (Å²) in [4.78, 5) is 12.8. The smallest absolute Gasteiger partial charge is 0.259 e. The maximum atomic E-state index is 12.8. The van der Waals surface area contributed by atoms with Crippen molar-refractivity contribution in [3.63, 3.8) is 0 Å². The maximum absolute atomic E-state index is 12.8. The zero-order valence-electron chi connectivity index (χ0n) is 15.2. The number of carbonyl (C=O) groups is 1. The van der Waals surface area contributed by atoms with E-state index in [1.54, 1.807) is 26.4 Å². The third kappa shape index (κ3) is 3.02. The second-order valence-electron chi connectivity index (χ2n) is 6.31. The van der Waals surface area contributed by atoms with Gasteiger partial charge in [-0.2, -0.15) is 0 Å². The molecule has 2 unspecified atom stereocenters. The first-order chi connectivity index (χ1) is 12.0. The summed E-state index contributed by atoms with van der Waals surface area (Å²) in [5.41, 5.74) is 3.19. The van der Waals surface area contributed by atoms with Gasteiger partial charge in [-0.1, -0.05) is 19.1 Å². The number of benzene rings is 2. The molecule has 3 rings (SSSR count). The number of hydrogen-bond acceptors (Lipinski definition) is 4. The third-order valence-electron chi connectivity index (χ3n) is 4.77. The molecule has 2 atom stereocenters. The molecular weight excluding hydrogens is 318 g/mol. The van der Waals surface area contributed by atoms with Gasteiger partial charge in [-0.3, -0.25) is 4.79 Å². The van der Waals surface area contributed by atoms with Crippen LogP contribution in [0.5, 0.6) is 17.2 Å². The van der Waals surface area contributed by atoms with Gasteiger partial charge in [0.2, 0.25) is 0 Å². The molecule has 0 aliphatic carbocycles. The number of para-hydroxylation sites is 1. The van der Waals surface area contributed by atoms with Gasteiger partial charge < -0.3 is 19.5 Å². The van der Waals surface area contributed by atoms with E-state index in [4.69, 9.17) is 14.2 Å². The molecule has 5 nitrogen and oxygen atoms in total. The molecule has 0 saturated heterocycles. The van der Waals surface area contributed by atoms with Crippen molar-refractivity contribution < 1.29 is 19.0 Å². The van der Waals surface area contributed by atoms with E-state index in [9.17, 15) is 4.79 Å². The van der Waals surface area contributed by atoms with Crippen molar-refractivity contribution in [3.8, 4) is 17.2 Å². The molecule has 1 amide bonds. The highest BCUT2D eigenvalue weighted by Gasteiger charge is 2.31. The SMILES string of the molecule is COc1cc(C)c(NC(=O)c2cccc3c2OC(C)C3C)cc1OC. The first-order valence-electron chi connectivity index (χ1n) is 8.29. The summed E-state index contributed by atoms with van der Waals surface area (Å²) in [5, 5.41) is 2.96. The van der Waals surface area contributed by atoms with E-state index in [-0.39, 0.29) is 17.9 Å². The molecular formula is C20H23NO4. The Labute approximate surface area is 147 Å². The zero-order chi connectivity index (χ0) is 18.1. The molecule has 5 heteroatoms. The van der Waals surface area contributed by atoms with Crippen LogP contribution in [0, 0.1) is 6.92 Å². The Bertz CT molecular complexity index is 816. The predicted octanol–water partition coefficient (Wildman–Crippen LogP) is 4.15. The van der Waals surface area contributed by atoms with Crippen molar-refractivity contribution >= 4 is 11.6 Å². The van der Waals surface area contributed by atoms with Crippen molar-refractivity contribution in [2.24, 2.45) is 0 Å². The number of nitrogens with one attached hydrogen (secondary N) is 1. The van der Waals surface area contributed by atoms with Crippen molar-refractivity contribution in [2.45, 2.75) is 32.8 Å². The van der Waals surface area contributed by atoms with Gasteiger partial charge in [-0.15, -0.1) is 0 Å². The van der Waals surface area contributed by atoms with Crippen molar-refractivity contribution in [3.05, 3.63) is 47.0 Å². The number of anilines is 1. The number of aryl methyl sites for hydroxylation is 1. The number of fused-ring (bicyclic) bond motifs is 1. The quantitative estimate of drug-likeness (QED) is 0.908. The number of carbonyl (C=O) groups excluding carboxylic acids is 1. The Morgan fingerprint density at radius 2 is 1.80 bits per heavy atom. The van der Waals surface area contributed by atoms with Gasteiger partial charge in [0.05, 0.1) is 19.8 Å². The molecule has 1 heterocycles. The van der Waals surface area contributed by atoms with E-state index in [1.165, 1.54) is 0 Å². The Balaban J connectivity index is 1.92. The molecule has 0 saturated carbocycles. The second kappa shape index (κ2) is 6.67. The molecule has 0 aromatic heterocycles. The van der Waals surface area contributed by atoms with E-state index in [1.807, 2.05) is 32.0 Å². The van der Waals surface area contributed by atoms with Gasteiger partial charge in [0.1, 0.15) is 11.9 Å². The average Bonchev–Trinajstić information content (AvgIpc) is 2.90. The number of methoxy groups -OCH3 is 2. The van der Waals surface area contributed by atoms with Crippen molar-refractivity contribution in [1.82, 2.24) is 0 Å². The summed E-state index contributed by atoms with van der Waals surface area (Å²) in [6, 6.07) is 9.30. The molecule has 1 aliphatic rings. The highest BCUT2D eigenvalue weighted by molar-refractivity contribution is 6.07. The number of amides is 1. The summed E-state index contributed by atoms with van der Waals surface area (Å²) >= 11 is 0. The van der Waals surface area contributed by atoms with Crippen molar-refractivity contribution in [1.29, 1.82) is 0 Å². The summed E-state index contributed by atoms with van der Waals surface area (Å²) in [5.74, 6) is 1.95. The molecule has 0 radical (unpaired) electrons. The zero-order valence-corrected chi connectivity index (χ0v) is 15.2. The predicted molar refractivity (Wildman–Crippen MR) is 97.2 cm³/mol. The lowest BCUT2D eigenvalue weighted by Gasteiger charge is -2.14. The fraction of sp³-hybridized carbons (Fsp3) is 0.350. The van der Waals surface area contributed by atoms with E-state index in [0.717, 1.165) is 11.1 Å². The summed E-state index contributed by atoms with van der Waals surface area (Å²) in [7, 11) is 3.15. The Kier molecular flexibility index (Phi) is 4.57. The van der Waals surface area contributed by atoms with E-state index in [0.29, 0.717) is 28.5 Å². The number of hydrogen-bond donors (Lipinski definition) is 1. The van der Waals surface area contributed by atoms with Gasteiger partial charge in [0.25, 0.3) is 5.91 Å². The van der Waals surface area contributed by atoms with Gasteiger partial charge in [0.15, 0.2) is 11.5 Å². The summed E-state index contributed by atoms with van der Waals surface area (Å²) in [6.45, 7) is 6.04. The van der Waals surface area contributed by atoms with Gasteiger partial charge >= 0.3 is 0 Å². The standard InChI is InChI=1S/C20H23NO4/c1-11-9-17(23-4)18(24-5)10-16(11)21-20(22)15-8-6-7-14-12(2)13(3)25-19(14)15/h6-10,12-13H,1-5H3,(H,21,22).